The molecular weight excluding hydrogens is 428 g/mol. The van der Waals surface area contributed by atoms with Crippen LogP contribution in [0.3, 0.4) is 0 Å². The molecule has 0 aromatic heterocycles. The van der Waals surface area contributed by atoms with Crippen molar-refractivity contribution in [3.8, 4) is 0 Å². The van der Waals surface area contributed by atoms with E-state index in [4.69, 9.17) is 0 Å². The van der Waals surface area contributed by atoms with Gasteiger partial charge in [0, 0.05) is 0 Å². The molecule has 0 unspecified atom stereocenters. The summed E-state index contributed by atoms with van der Waals surface area (Å²) in [5.74, 6) is 0. The van der Waals surface area contributed by atoms with Gasteiger partial charge in [0.1, 0.15) is 0 Å². The van der Waals surface area contributed by atoms with Gasteiger partial charge in [0.2, 0.25) is 0 Å². The van der Waals surface area contributed by atoms with Crippen molar-refractivity contribution >= 4 is 32.3 Å². The quantitative estimate of drug-likeness (QED) is 0.301. The van der Waals surface area contributed by atoms with Crippen LogP contribution in [0.2, 0.25) is 7.96 Å². The molecule has 84 valence electrons. The van der Waals surface area contributed by atoms with Gasteiger partial charge >= 0.3 is 105 Å². The summed E-state index contributed by atoms with van der Waals surface area (Å²) in [4.78, 5) is 0. The standard InChI is InChI=1S/2C6H13.BrH.Tl/c2*1-3-5-6-4-2;;/h2*1,3-6H2,2H3;1H;/q;;;+1/p-1. The van der Waals surface area contributed by atoms with Crippen molar-refractivity contribution in [2.75, 3.05) is 0 Å². The molecule has 0 nitrogen and oxygen atoms in total. The van der Waals surface area contributed by atoms with Gasteiger partial charge in [-0.1, -0.05) is 0 Å². The average Bonchev–Trinajstić information content (AvgIpc) is 2.19. The Morgan fingerprint density at radius 3 is 1.50 bits per heavy atom. The predicted molar refractivity (Wildman–Crippen MR) is 72.6 cm³/mol. The summed E-state index contributed by atoms with van der Waals surface area (Å²) in [6, 6.07) is 0. The molecule has 0 aliphatic heterocycles. The minimum absolute atomic E-state index is 1.23. The molecule has 14 heavy (non-hydrogen) atoms. The van der Waals surface area contributed by atoms with Crippen molar-refractivity contribution in [2.45, 2.75) is 73.2 Å². The fourth-order valence-electron chi connectivity index (χ4n) is 1.73. The average molecular weight is 455 g/mol. The van der Waals surface area contributed by atoms with Crippen LogP contribution in [0, 0.1) is 0 Å². The molecule has 0 aliphatic carbocycles. The topological polar surface area (TPSA) is 0 Å². The van der Waals surface area contributed by atoms with Crippen molar-refractivity contribution in [3.05, 3.63) is 0 Å². The fraction of sp³-hybridized carbons (Fsp3) is 1.00. The molecule has 0 aliphatic rings. The van der Waals surface area contributed by atoms with Gasteiger partial charge in [-0.15, -0.1) is 0 Å². The molecule has 0 radical (unpaired) electrons. The number of unbranched alkanes of at least 4 members (excludes halogenated alkanes) is 6. The van der Waals surface area contributed by atoms with Gasteiger partial charge in [-0.3, -0.25) is 0 Å². The van der Waals surface area contributed by atoms with Gasteiger partial charge in [-0.05, 0) is 0 Å². The maximum atomic E-state index is 4.00. The van der Waals surface area contributed by atoms with E-state index in [9.17, 15) is 0 Å². The van der Waals surface area contributed by atoms with Crippen LogP contribution in [0.4, 0.5) is 0 Å². The minimum atomic E-state index is -1.23. The second-order valence-electron chi connectivity index (χ2n) is 4.30. The monoisotopic (exact) mass is 454 g/mol. The van der Waals surface area contributed by atoms with E-state index in [1.807, 2.05) is 0 Å². The molecule has 0 saturated carbocycles. The van der Waals surface area contributed by atoms with Crippen LogP contribution in [0.5, 0.6) is 0 Å². The van der Waals surface area contributed by atoms with Crippen molar-refractivity contribution < 1.29 is 0 Å². The van der Waals surface area contributed by atoms with Crippen molar-refractivity contribution in [3.63, 3.8) is 0 Å². The summed E-state index contributed by atoms with van der Waals surface area (Å²) < 4.78 is 3.21. The summed E-state index contributed by atoms with van der Waals surface area (Å²) in [7, 11) is 0. The Morgan fingerprint density at radius 2 is 1.14 bits per heavy atom. The Balaban J connectivity index is 3.07. The van der Waals surface area contributed by atoms with Crippen molar-refractivity contribution in [2.24, 2.45) is 0 Å². The third kappa shape index (κ3) is 11.5. The van der Waals surface area contributed by atoms with Gasteiger partial charge < -0.3 is 0 Å². The molecule has 0 atom stereocenters. The van der Waals surface area contributed by atoms with E-state index in [1.165, 1.54) is 51.4 Å². The molecular formula is C12H26BrTl. The molecule has 2 heteroatoms. The van der Waals surface area contributed by atoms with E-state index >= 15 is 0 Å². The number of hydrogen-bond donors (Lipinski definition) is 0. The van der Waals surface area contributed by atoms with E-state index < -0.39 is 20.3 Å². The van der Waals surface area contributed by atoms with Gasteiger partial charge in [0.25, 0.3) is 0 Å². The zero-order chi connectivity index (χ0) is 10.6. The van der Waals surface area contributed by atoms with Crippen LogP contribution in [-0.2, 0) is 0 Å². The molecule has 0 bridgehead atoms. The Bertz CT molecular complexity index is 94.5. The molecule has 0 rings (SSSR count). The Kier molecular flexibility index (Phi) is 13.7. The van der Waals surface area contributed by atoms with Gasteiger partial charge in [-0.25, -0.2) is 0 Å². The normalized spacial score (nSPS) is 10.5. The van der Waals surface area contributed by atoms with E-state index in [0.29, 0.717) is 0 Å². The van der Waals surface area contributed by atoms with Gasteiger partial charge in [0.15, 0.2) is 0 Å². The predicted octanol–water partition coefficient (Wildman–Crippen LogP) is 5.53. The van der Waals surface area contributed by atoms with Gasteiger partial charge in [0.05, 0.1) is 0 Å². The van der Waals surface area contributed by atoms with Crippen LogP contribution in [0.25, 0.3) is 0 Å². The molecule has 0 saturated heterocycles. The summed E-state index contributed by atoms with van der Waals surface area (Å²) >= 11 is 2.77. The number of hydrogen-bond acceptors (Lipinski definition) is 0. The van der Waals surface area contributed by atoms with Crippen molar-refractivity contribution in [1.82, 2.24) is 0 Å². The Hall–Kier alpha value is 1.40. The summed E-state index contributed by atoms with van der Waals surface area (Å²) in [5, 5.41) is 0. The fourth-order valence-corrected chi connectivity index (χ4v) is 14.2. The van der Waals surface area contributed by atoms with Crippen LogP contribution < -0.4 is 0 Å². The number of rotatable bonds is 10. The van der Waals surface area contributed by atoms with Crippen LogP contribution in [0.15, 0.2) is 0 Å². The zero-order valence-electron chi connectivity index (χ0n) is 10.0. The van der Waals surface area contributed by atoms with E-state index in [0.717, 1.165) is 0 Å². The number of halogens is 1. The summed E-state index contributed by atoms with van der Waals surface area (Å²) in [6.45, 7) is 4.58. The van der Waals surface area contributed by atoms with E-state index in [-0.39, 0.29) is 0 Å². The second-order valence-corrected chi connectivity index (χ2v) is 24.8. The molecule has 0 amide bonds. The van der Waals surface area contributed by atoms with Crippen molar-refractivity contribution in [1.29, 1.82) is 0 Å². The third-order valence-corrected chi connectivity index (χ3v) is 18.8. The molecule has 0 spiro atoms. The van der Waals surface area contributed by atoms with Gasteiger partial charge in [-0.2, -0.15) is 0 Å². The molecule has 0 aromatic rings. The first-order valence-corrected chi connectivity index (χ1v) is 22.5. The SMILES string of the molecule is CCCCC[CH2][Tl]([Br])[CH2]CCCCC. The van der Waals surface area contributed by atoms with E-state index in [1.54, 1.807) is 7.96 Å². The first kappa shape index (κ1) is 15.4. The first-order chi connectivity index (χ1) is 6.81. The molecule has 0 heterocycles. The van der Waals surface area contributed by atoms with E-state index in [2.05, 4.69) is 25.8 Å². The summed E-state index contributed by atoms with van der Waals surface area (Å²) in [6.07, 6.45) is 11.6. The summed E-state index contributed by atoms with van der Waals surface area (Å²) in [5.41, 5.74) is 0. The Morgan fingerprint density at radius 1 is 0.714 bits per heavy atom. The molecule has 0 aromatic carbocycles. The van der Waals surface area contributed by atoms with Crippen LogP contribution in [-0.4, -0.2) is 20.3 Å². The van der Waals surface area contributed by atoms with Crippen LogP contribution in [0.1, 0.15) is 65.2 Å². The second kappa shape index (κ2) is 12.5. The molecule has 0 N–H and O–H groups in total. The Labute approximate surface area is 105 Å². The maximum absolute atomic E-state index is 4.00. The zero-order valence-corrected chi connectivity index (χ0v) is 16.1. The third-order valence-electron chi connectivity index (χ3n) is 2.74. The first-order valence-electron chi connectivity index (χ1n) is 6.45. The van der Waals surface area contributed by atoms with Crippen LogP contribution >= 0.6 is 12.0 Å². The molecule has 0 fully saturated rings.